The molecule has 1 aliphatic rings. The molecule has 0 radical (unpaired) electrons. The van der Waals surface area contributed by atoms with E-state index in [2.05, 4.69) is 15.5 Å². The third-order valence-corrected chi connectivity index (χ3v) is 4.92. The Labute approximate surface area is 175 Å². The lowest BCUT2D eigenvalue weighted by molar-refractivity contribution is -0.121. The summed E-state index contributed by atoms with van der Waals surface area (Å²) in [6.45, 7) is 4.93. The predicted octanol–water partition coefficient (Wildman–Crippen LogP) is 3.71. The van der Waals surface area contributed by atoms with Crippen LogP contribution in [0.25, 0.3) is 11.4 Å². The summed E-state index contributed by atoms with van der Waals surface area (Å²) in [6.07, 6.45) is 1.68. The average Bonchev–Trinajstić information content (AvgIpc) is 3.37. The topological polar surface area (TPSA) is 86.5 Å². The van der Waals surface area contributed by atoms with E-state index in [0.717, 1.165) is 34.6 Å². The maximum atomic E-state index is 12.3. The molecule has 0 saturated carbocycles. The molecule has 1 aromatic heterocycles. The molecule has 1 atom stereocenters. The Morgan fingerprint density at radius 2 is 2.10 bits per heavy atom. The van der Waals surface area contributed by atoms with Gasteiger partial charge in [-0.1, -0.05) is 35.5 Å². The number of carbonyl (C=O) groups is 1. The second-order valence-electron chi connectivity index (χ2n) is 7.29. The molecule has 30 heavy (non-hydrogen) atoms. The summed E-state index contributed by atoms with van der Waals surface area (Å²) in [5, 5.41) is 6.93. The van der Waals surface area contributed by atoms with E-state index < -0.39 is 0 Å². The fourth-order valence-electron chi connectivity index (χ4n) is 3.47. The number of fused-ring (bicyclic) bond motifs is 1. The SMILES string of the molecule is CCOc1cc2c(cc1CNC(=O)CCc1nc(-c3ccccc3)no1)O[C@@H](C)C2. The van der Waals surface area contributed by atoms with Crippen molar-refractivity contribution in [2.75, 3.05) is 6.61 Å². The fourth-order valence-corrected chi connectivity index (χ4v) is 3.47. The monoisotopic (exact) mass is 407 g/mol. The van der Waals surface area contributed by atoms with Crippen molar-refractivity contribution in [2.24, 2.45) is 0 Å². The van der Waals surface area contributed by atoms with E-state index in [1.54, 1.807) is 0 Å². The van der Waals surface area contributed by atoms with E-state index in [1.807, 2.05) is 56.3 Å². The van der Waals surface area contributed by atoms with Gasteiger partial charge in [0.25, 0.3) is 0 Å². The van der Waals surface area contributed by atoms with Crippen molar-refractivity contribution in [1.29, 1.82) is 0 Å². The van der Waals surface area contributed by atoms with Crippen LogP contribution in [-0.4, -0.2) is 28.8 Å². The highest BCUT2D eigenvalue weighted by atomic mass is 16.5. The van der Waals surface area contributed by atoms with Crippen LogP contribution in [0.4, 0.5) is 0 Å². The summed E-state index contributed by atoms with van der Waals surface area (Å²) in [6, 6.07) is 13.6. The lowest BCUT2D eigenvalue weighted by atomic mass is 10.1. The summed E-state index contributed by atoms with van der Waals surface area (Å²) >= 11 is 0. The lowest BCUT2D eigenvalue weighted by Crippen LogP contribution is -2.23. The van der Waals surface area contributed by atoms with Crippen molar-refractivity contribution in [3.05, 3.63) is 59.5 Å². The molecule has 4 rings (SSSR count). The predicted molar refractivity (Wildman–Crippen MR) is 111 cm³/mol. The fraction of sp³-hybridized carbons (Fsp3) is 0.348. The Bertz CT molecular complexity index is 1020. The smallest absolute Gasteiger partial charge is 0.227 e. The Kier molecular flexibility index (Phi) is 5.97. The molecule has 2 heterocycles. The molecule has 0 saturated heterocycles. The molecule has 1 amide bonds. The van der Waals surface area contributed by atoms with Crippen LogP contribution in [0.3, 0.4) is 0 Å². The molecule has 0 aliphatic carbocycles. The van der Waals surface area contributed by atoms with Crippen molar-refractivity contribution in [3.63, 3.8) is 0 Å². The van der Waals surface area contributed by atoms with Crippen LogP contribution in [0, 0.1) is 0 Å². The number of nitrogens with zero attached hydrogens (tertiary/aromatic N) is 2. The second-order valence-corrected chi connectivity index (χ2v) is 7.29. The minimum Gasteiger partial charge on any atom is -0.494 e. The highest BCUT2D eigenvalue weighted by molar-refractivity contribution is 5.76. The zero-order valence-corrected chi connectivity index (χ0v) is 17.2. The summed E-state index contributed by atoms with van der Waals surface area (Å²) in [4.78, 5) is 16.7. The van der Waals surface area contributed by atoms with E-state index in [4.69, 9.17) is 14.0 Å². The Hall–Kier alpha value is -3.35. The summed E-state index contributed by atoms with van der Waals surface area (Å²) < 4.78 is 16.9. The zero-order valence-electron chi connectivity index (χ0n) is 17.2. The van der Waals surface area contributed by atoms with Crippen molar-refractivity contribution in [1.82, 2.24) is 15.5 Å². The molecule has 0 spiro atoms. The number of aromatic nitrogens is 2. The van der Waals surface area contributed by atoms with Crippen LogP contribution in [0.15, 0.2) is 47.0 Å². The molecule has 0 bridgehead atoms. The molecule has 2 aromatic carbocycles. The lowest BCUT2D eigenvalue weighted by Gasteiger charge is -2.13. The summed E-state index contributed by atoms with van der Waals surface area (Å²) in [7, 11) is 0. The van der Waals surface area contributed by atoms with Gasteiger partial charge in [0.1, 0.15) is 17.6 Å². The molecule has 7 heteroatoms. The molecule has 0 unspecified atom stereocenters. The minimum absolute atomic E-state index is 0.0910. The normalized spacial score (nSPS) is 14.8. The van der Waals surface area contributed by atoms with Crippen LogP contribution in [0.2, 0.25) is 0 Å². The van der Waals surface area contributed by atoms with Crippen molar-refractivity contribution in [3.8, 4) is 22.9 Å². The van der Waals surface area contributed by atoms with Crippen LogP contribution in [0.5, 0.6) is 11.5 Å². The van der Waals surface area contributed by atoms with Crippen LogP contribution < -0.4 is 14.8 Å². The van der Waals surface area contributed by atoms with Gasteiger partial charge >= 0.3 is 0 Å². The Morgan fingerprint density at radius 3 is 2.90 bits per heavy atom. The summed E-state index contributed by atoms with van der Waals surface area (Å²) in [5.74, 6) is 2.54. The standard InChI is InChI=1S/C23H25N3O4/c1-3-28-19-12-17-11-15(2)29-20(17)13-18(19)14-24-21(27)9-10-22-25-23(26-30-22)16-7-5-4-6-8-16/h4-8,12-13,15H,3,9-11,14H2,1-2H3,(H,24,27)/t15-/m0/s1. The van der Waals surface area contributed by atoms with E-state index in [-0.39, 0.29) is 18.4 Å². The minimum atomic E-state index is -0.0910. The van der Waals surface area contributed by atoms with Gasteiger partial charge in [0.05, 0.1) is 6.61 Å². The Balaban J connectivity index is 1.33. The molecule has 3 aromatic rings. The highest BCUT2D eigenvalue weighted by Gasteiger charge is 2.22. The number of ether oxygens (including phenoxy) is 2. The number of rotatable bonds is 8. The number of hydrogen-bond acceptors (Lipinski definition) is 6. The third kappa shape index (κ3) is 4.62. The maximum Gasteiger partial charge on any atom is 0.227 e. The summed E-state index contributed by atoms with van der Waals surface area (Å²) in [5.41, 5.74) is 2.93. The van der Waals surface area contributed by atoms with Gasteiger partial charge in [-0.3, -0.25) is 4.79 Å². The average molecular weight is 407 g/mol. The van der Waals surface area contributed by atoms with Gasteiger partial charge in [-0.15, -0.1) is 0 Å². The van der Waals surface area contributed by atoms with E-state index in [9.17, 15) is 4.79 Å². The number of amides is 1. The van der Waals surface area contributed by atoms with Gasteiger partial charge in [0.2, 0.25) is 17.6 Å². The largest absolute Gasteiger partial charge is 0.494 e. The first kappa shape index (κ1) is 19.9. The first-order chi connectivity index (χ1) is 14.6. The van der Waals surface area contributed by atoms with Crippen LogP contribution in [0.1, 0.15) is 37.3 Å². The van der Waals surface area contributed by atoms with Gasteiger partial charge in [-0.25, -0.2) is 0 Å². The van der Waals surface area contributed by atoms with E-state index in [1.165, 1.54) is 0 Å². The van der Waals surface area contributed by atoms with Crippen molar-refractivity contribution in [2.45, 2.75) is 45.8 Å². The van der Waals surface area contributed by atoms with Gasteiger partial charge in [0.15, 0.2) is 0 Å². The van der Waals surface area contributed by atoms with E-state index in [0.29, 0.717) is 31.3 Å². The third-order valence-electron chi connectivity index (χ3n) is 4.92. The number of aryl methyl sites for hydroxylation is 1. The van der Waals surface area contributed by atoms with Crippen LogP contribution in [-0.2, 0) is 24.2 Å². The number of hydrogen-bond donors (Lipinski definition) is 1. The second kappa shape index (κ2) is 8.98. The molecular weight excluding hydrogens is 382 g/mol. The van der Waals surface area contributed by atoms with Crippen molar-refractivity contribution >= 4 is 5.91 Å². The van der Waals surface area contributed by atoms with Crippen LogP contribution >= 0.6 is 0 Å². The molecule has 1 N–H and O–H groups in total. The van der Waals surface area contributed by atoms with E-state index >= 15 is 0 Å². The van der Waals surface area contributed by atoms with Gasteiger partial charge in [-0.05, 0) is 26.0 Å². The molecule has 7 nitrogen and oxygen atoms in total. The van der Waals surface area contributed by atoms with Gasteiger partial charge < -0.3 is 19.3 Å². The zero-order chi connectivity index (χ0) is 20.9. The molecule has 1 aliphatic heterocycles. The molecular formula is C23H25N3O4. The maximum absolute atomic E-state index is 12.3. The quantitative estimate of drug-likeness (QED) is 0.613. The number of benzene rings is 2. The molecule has 0 fully saturated rings. The first-order valence-electron chi connectivity index (χ1n) is 10.2. The highest BCUT2D eigenvalue weighted by Crippen LogP contribution is 2.35. The van der Waals surface area contributed by atoms with Gasteiger partial charge in [-0.2, -0.15) is 4.98 Å². The molecule has 156 valence electrons. The Morgan fingerprint density at radius 1 is 1.27 bits per heavy atom. The van der Waals surface area contributed by atoms with Gasteiger partial charge in [0, 0.05) is 42.5 Å². The van der Waals surface area contributed by atoms with Crippen molar-refractivity contribution < 1.29 is 18.8 Å². The first-order valence-corrected chi connectivity index (χ1v) is 10.2. The number of carbonyl (C=O) groups excluding carboxylic acids is 1. The number of nitrogens with one attached hydrogen (secondary N) is 1.